The second kappa shape index (κ2) is 6.10. The molecule has 110 valence electrons. The normalized spacial score (nSPS) is 17.9. The third-order valence-corrected chi connectivity index (χ3v) is 3.70. The fraction of sp³-hybridized carbons (Fsp3) is 0.375. The number of nitrogens with one attached hydrogen (secondary N) is 1. The molecular weight excluding hydrogens is 266 g/mol. The molecule has 1 aliphatic rings. The van der Waals surface area contributed by atoms with Crippen molar-refractivity contribution < 1.29 is 9.53 Å². The van der Waals surface area contributed by atoms with Crippen LogP contribution in [0.25, 0.3) is 11.1 Å². The zero-order valence-corrected chi connectivity index (χ0v) is 12.1. The van der Waals surface area contributed by atoms with E-state index in [1.807, 2.05) is 41.3 Å². The summed E-state index contributed by atoms with van der Waals surface area (Å²) in [5.41, 5.74) is 2.80. The summed E-state index contributed by atoms with van der Waals surface area (Å²) < 4.78 is 7.14. The Labute approximate surface area is 123 Å². The van der Waals surface area contributed by atoms with Gasteiger partial charge in [-0.2, -0.15) is 5.10 Å². The Balaban J connectivity index is 1.69. The van der Waals surface area contributed by atoms with Gasteiger partial charge in [0.25, 0.3) is 5.91 Å². The molecule has 5 nitrogen and oxygen atoms in total. The summed E-state index contributed by atoms with van der Waals surface area (Å²) in [6.07, 6.45) is 4.74. The minimum Gasteiger partial charge on any atom is -0.379 e. The van der Waals surface area contributed by atoms with Crippen LogP contribution >= 0.6 is 0 Å². The standard InChI is InChI=1S/C16H19N3O2/c1-2-19-10-14(9-17-19)12-3-5-13(6-4-12)16(20)18-15-7-8-21-11-15/h3-6,9-10,15H,2,7-8,11H2,1H3,(H,18,20). The van der Waals surface area contributed by atoms with E-state index >= 15 is 0 Å². The van der Waals surface area contributed by atoms with Gasteiger partial charge in [-0.15, -0.1) is 0 Å². The van der Waals surface area contributed by atoms with E-state index in [0.29, 0.717) is 12.2 Å². The fourth-order valence-corrected chi connectivity index (χ4v) is 2.42. The zero-order valence-electron chi connectivity index (χ0n) is 12.1. The van der Waals surface area contributed by atoms with Crippen molar-refractivity contribution in [3.05, 3.63) is 42.2 Å². The van der Waals surface area contributed by atoms with E-state index in [1.165, 1.54) is 0 Å². The van der Waals surface area contributed by atoms with Crippen molar-refractivity contribution in [3.8, 4) is 11.1 Å². The van der Waals surface area contributed by atoms with Gasteiger partial charge in [-0.05, 0) is 31.0 Å². The Morgan fingerprint density at radius 1 is 1.38 bits per heavy atom. The van der Waals surface area contributed by atoms with Crippen molar-refractivity contribution in [2.75, 3.05) is 13.2 Å². The van der Waals surface area contributed by atoms with Crippen molar-refractivity contribution in [3.63, 3.8) is 0 Å². The summed E-state index contributed by atoms with van der Waals surface area (Å²) in [5.74, 6) is -0.0405. The Bertz CT molecular complexity index is 613. The topological polar surface area (TPSA) is 56.2 Å². The van der Waals surface area contributed by atoms with Crippen molar-refractivity contribution in [2.45, 2.75) is 25.9 Å². The number of rotatable bonds is 4. The number of ether oxygens (including phenoxy) is 1. The first-order chi connectivity index (χ1) is 10.3. The lowest BCUT2D eigenvalue weighted by Gasteiger charge is -2.10. The maximum absolute atomic E-state index is 12.1. The van der Waals surface area contributed by atoms with E-state index in [4.69, 9.17) is 4.74 Å². The first kappa shape index (κ1) is 13.8. The van der Waals surface area contributed by atoms with E-state index in [2.05, 4.69) is 17.3 Å². The number of aromatic nitrogens is 2. The number of hydrogen-bond acceptors (Lipinski definition) is 3. The van der Waals surface area contributed by atoms with Crippen LogP contribution in [0.1, 0.15) is 23.7 Å². The Morgan fingerprint density at radius 3 is 2.81 bits per heavy atom. The van der Waals surface area contributed by atoms with Crippen LogP contribution in [0.15, 0.2) is 36.7 Å². The molecule has 1 unspecified atom stereocenters. The highest BCUT2D eigenvalue weighted by Crippen LogP contribution is 2.19. The van der Waals surface area contributed by atoms with Crippen molar-refractivity contribution >= 4 is 5.91 Å². The van der Waals surface area contributed by atoms with Gasteiger partial charge in [0.2, 0.25) is 0 Å². The highest BCUT2D eigenvalue weighted by Gasteiger charge is 2.18. The highest BCUT2D eigenvalue weighted by molar-refractivity contribution is 5.94. The molecule has 1 amide bonds. The average Bonchev–Trinajstić information content (AvgIpc) is 3.18. The third kappa shape index (κ3) is 3.13. The van der Waals surface area contributed by atoms with Gasteiger partial charge in [-0.1, -0.05) is 12.1 Å². The summed E-state index contributed by atoms with van der Waals surface area (Å²) >= 11 is 0. The Kier molecular flexibility index (Phi) is 4.01. The molecule has 1 aliphatic heterocycles. The predicted molar refractivity (Wildman–Crippen MR) is 80.0 cm³/mol. The molecule has 1 saturated heterocycles. The third-order valence-electron chi connectivity index (χ3n) is 3.70. The van der Waals surface area contributed by atoms with Gasteiger partial charge >= 0.3 is 0 Å². The van der Waals surface area contributed by atoms with Gasteiger partial charge in [0.15, 0.2) is 0 Å². The molecule has 1 aromatic heterocycles. The van der Waals surface area contributed by atoms with Crippen molar-refractivity contribution in [1.29, 1.82) is 0 Å². The minimum absolute atomic E-state index is 0.0405. The molecule has 0 saturated carbocycles. The van der Waals surface area contributed by atoms with Gasteiger partial charge in [-0.25, -0.2) is 0 Å². The highest BCUT2D eigenvalue weighted by atomic mass is 16.5. The largest absolute Gasteiger partial charge is 0.379 e. The van der Waals surface area contributed by atoms with Gasteiger partial charge in [0.1, 0.15) is 0 Å². The molecule has 0 bridgehead atoms. The molecule has 1 atom stereocenters. The van der Waals surface area contributed by atoms with Crippen LogP contribution in [0.2, 0.25) is 0 Å². The molecule has 21 heavy (non-hydrogen) atoms. The molecule has 5 heteroatoms. The maximum atomic E-state index is 12.1. The molecule has 1 aromatic carbocycles. The van der Waals surface area contributed by atoms with Gasteiger partial charge in [-0.3, -0.25) is 9.48 Å². The maximum Gasteiger partial charge on any atom is 0.251 e. The molecular formula is C16H19N3O2. The van der Waals surface area contributed by atoms with Crippen LogP contribution in [0.4, 0.5) is 0 Å². The molecule has 3 rings (SSSR count). The van der Waals surface area contributed by atoms with Crippen LogP contribution in [0.5, 0.6) is 0 Å². The molecule has 0 spiro atoms. The second-order valence-corrected chi connectivity index (χ2v) is 5.20. The monoisotopic (exact) mass is 285 g/mol. The number of hydrogen-bond donors (Lipinski definition) is 1. The smallest absolute Gasteiger partial charge is 0.251 e. The lowest BCUT2D eigenvalue weighted by Crippen LogP contribution is -2.34. The quantitative estimate of drug-likeness (QED) is 0.936. The van der Waals surface area contributed by atoms with Crippen LogP contribution in [0.3, 0.4) is 0 Å². The van der Waals surface area contributed by atoms with Crippen molar-refractivity contribution in [2.24, 2.45) is 0 Å². The van der Waals surface area contributed by atoms with E-state index in [0.717, 1.165) is 30.7 Å². The first-order valence-corrected chi connectivity index (χ1v) is 7.28. The molecule has 0 radical (unpaired) electrons. The molecule has 0 aliphatic carbocycles. The summed E-state index contributed by atoms with van der Waals surface area (Å²) in [5, 5.41) is 7.25. The average molecular weight is 285 g/mol. The van der Waals surface area contributed by atoms with Crippen molar-refractivity contribution in [1.82, 2.24) is 15.1 Å². The fourth-order valence-electron chi connectivity index (χ4n) is 2.42. The number of carbonyl (C=O) groups is 1. The number of nitrogens with zero attached hydrogens (tertiary/aromatic N) is 2. The number of benzene rings is 1. The first-order valence-electron chi connectivity index (χ1n) is 7.28. The van der Waals surface area contributed by atoms with E-state index in [1.54, 1.807) is 0 Å². The van der Waals surface area contributed by atoms with Crippen LogP contribution < -0.4 is 5.32 Å². The minimum atomic E-state index is -0.0405. The van der Waals surface area contributed by atoms with Crippen LogP contribution in [0, 0.1) is 0 Å². The van der Waals surface area contributed by atoms with Gasteiger partial charge in [0, 0.05) is 30.5 Å². The van der Waals surface area contributed by atoms with E-state index in [9.17, 15) is 4.79 Å². The summed E-state index contributed by atoms with van der Waals surface area (Å²) in [6.45, 7) is 4.24. The lowest BCUT2D eigenvalue weighted by molar-refractivity contribution is 0.0930. The molecule has 1 N–H and O–H groups in total. The lowest BCUT2D eigenvalue weighted by atomic mass is 10.1. The number of aryl methyl sites for hydroxylation is 1. The number of amides is 1. The second-order valence-electron chi connectivity index (χ2n) is 5.20. The molecule has 2 heterocycles. The summed E-state index contributed by atoms with van der Waals surface area (Å²) in [7, 11) is 0. The van der Waals surface area contributed by atoms with Crippen LogP contribution in [-0.2, 0) is 11.3 Å². The summed E-state index contributed by atoms with van der Waals surface area (Å²) in [4.78, 5) is 12.1. The Hall–Kier alpha value is -2.14. The predicted octanol–water partition coefficient (Wildman–Crippen LogP) is 2.09. The SMILES string of the molecule is CCn1cc(-c2ccc(C(=O)NC3CCOC3)cc2)cn1. The summed E-state index contributed by atoms with van der Waals surface area (Å²) in [6, 6.07) is 7.75. The molecule has 2 aromatic rings. The van der Waals surface area contributed by atoms with Crippen LogP contribution in [-0.4, -0.2) is 34.9 Å². The Morgan fingerprint density at radius 2 is 2.19 bits per heavy atom. The van der Waals surface area contributed by atoms with E-state index in [-0.39, 0.29) is 11.9 Å². The number of carbonyl (C=O) groups excluding carboxylic acids is 1. The molecule has 1 fully saturated rings. The van der Waals surface area contributed by atoms with Gasteiger partial charge < -0.3 is 10.1 Å². The zero-order chi connectivity index (χ0) is 14.7. The van der Waals surface area contributed by atoms with Gasteiger partial charge in [0.05, 0.1) is 18.8 Å². The van der Waals surface area contributed by atoms with E-state index < -0.39 is 0 Å².